The fraction of sp³-hybridized carbons (Fsp3) is 0.286. The van der Waals surface area contributed by atoms with Gasteiger partial charge in [0.05, 0.1) is 12.0 Å². The number of rotatable bonds is 7. The van der Waals surface area contributed by atoms with Gasteiger partial charge in [-0.1, -0.05) is 30.3 Å². The summed E-state index contributed by atoms with van der Waals surface area (Å²) in [7, 11) is 2.01. The van der Waals surface area contributed by atoms with Crippen LogP contribution in [0.25, 0.3) is 0 Å². The van der Waals surface area contributed by atoms with Crippen molar-refractivity contribution >= 4 is 23.6 Å². The predicted molar refractivity (Wildman–Crippen MR) is 112 cm³/mol. The Morgan fingerprint density at radius 1 is 1.15 bits per heavy atom. The Balaban J connectivity index is 1.72. The average molecular weight is 381 g/mol. The number of nitrogens with zero attached hydrogens (tertiary/aromatic N) is 4. The molecule has 0 amide bonds. The minimum Gasteiger partial charge on any atom is -0.430 e. The molecule has 0 saturated heterocycles. The van der Waals surface area contributed by atoms with Crippen molar-refractivity contribution in [1.82, 2.24) is 14.3 Å². The predicted octanol–water partition coefficient (Wildman–Crippen LogP) is 5.15. The van der Waals surface area contributed by atoms with Gasteiger partial charge in [0.1, 0.15) is 5.75 Å². The third-order valence-electron chi connectivity index (χ3n) is 4.24. The lowest BCUT2D eigenvalue weighted by atomic mass is 10.1. The van der Waals surface area contributed by atoms with Crippen molar-refractivity contribution in [2.45, 2.75) is 27.2 Å². The second-order valence-corrected chi connectivity index (χ2v) is 7.18. The highest BCUT2D eigenvalue weighted by Crippen LogP contribution is 2.32. The molecule has 0 aliphatic heterocycles. The molecule has 2 aromatic carbocycles. The first-order valence-electron chi connectivity index (χ1n) is 8.95. The molecule has 0 bridgehead atoms. The fourth-order valence-electron chi connectivity index (χ4n) is 2.49. The number of ether oxygens (including phenoxy) is 1. The molecule has 0 unspecified atom stereocenters. The number of hydrogen-bond acceptors (Lipinski definition) is 5. The normalized spacial score (nSPS) is 11.1. The van der Waals surface area contributed by atoms with E-state index >= 15 is 0 Å². The molecular formula is C21H24N4OS. The van der Waals surface area contributed by atoms with E-state index in [1.54, 1.807) is 0 Å². The Bertz CT molecular complexity index is 921. The van der Waals surface area contributed by atoms with Crippen LogP contribution >= 0.6 is 11.5 Å². The number of aliphatic imine (C=N–C) groups is 1. The van der Waals surface area contributed by atoms with Gasteiger partial charge in [0.2, 0.25) is 0 Å². The van der Waals surface area contributed by atoms with E-state index in [9.17, 15) is 0 Å². The van der Waals surface area contributed by atoms with E-state index in [2.05, 4.69) is 33.4 Å². The quantitative estimate of drug-likeness (QED) is 0.420. The molecule has 3 aromatic rings. The number of hydrogen-bond donors (Lipinski definition) is 0. The highest BCUT2D eigenvalue weighted by molar-refractivity contribution is 7.07. The van der Waals surface area contributed by atoms with Crippen molar-refractivity contribution in [2.75, 3.05) is 13.6 Å². The maximum Gasteiger partial charge on any atom is 0.298 e. The standard InChI is InChI=1S/C21H24N4OS/c1-5-25(4)14-22-18-11-16(3)19(12-15(18)2)26-21-23-20(24-27-21)13-17-9-7-6-8-10-17/h6-12,14H,5,13H2,1-4H3/b22-14-. The van der Waals surface area contributed by atoms with Gasteiger partial charge in [0.25, 0.3) is 5.19 Å². The second kappa shape index (κ2) is 8.77. The molecule has 1 aromatic heterocycles. The smallest absolute Gasteiger partial charge is 0.298 e. The van der Waals surface area contributed by atoms with Gasteiger partial charge in [-0.05, 0) is 49.6 Å². The van der Waals surface area contributed by atoms with E-state index < -0.39 is 0 Å². The van der Waals surface area contributed by atoms with E-state index in [-0.39, 0.29) is 0 Å². The molecular weight excluding hydrogens is 356 g/mol. The summed E-state index contributed by atoms with van der Waals surface area (Å²) in [6.45, 7) is 7.06. The first-order chi connectivity index (χ1) is 13.0. The third-order valence-corrected chi connectivity index (χ3v) is 4.87. The molecule has 0 aliphatic carbocycles. The van der Waals surface area contributed by atoms with E-state index in [1.807, 2.05) is 62.5 Å². The summed E-state index contributed by atoms with van der Waals surface area (Å²) in [5, 5.41) is 0.561. The summed E-state index contributed by atoms with van der Waals surface area (Å²) < 4.78 is 10.4. The highest BCUT2D eigenvalue weighted by Gasteiger charge is 2.11. The zero-order valence-electron chi connectivity index (χ0n) is 16.1. The number of aryl methyl sites for hydroxylation is 2. The van der Waals surface area contributed by atoms with Crippen LogP contribution in [0.3, 0.4) is 0 Å². The van der Waals surface area contributed by atoms with Gasteiger partial charge < -0.3 is 9.64 Å². The molecule has 6 heteroatoms. The Labute approximate surface area is 164 Å². The summed E-state index contributed by atoms with van der Waals surface area (Å²) in [6.07, 6.45) is 2.56. The van der Waals surface area contributed by atoms with Crippen molar-refractivity contribution in [3.63, 3.8) is 0 Å². The van der Waals surface area contributed by atoms with Crippen molar-refractivity contribution < 1.29 is 4.74 Å². The monoisotopic (exact) mass is 380 g/mol. The topological polar surface area (TPSA) is 50.6 Å². The van der Waals surface area contributed by atoms with Gasteiger partial charge >= 0.3 is 0 Å². The number of benzene rings is 2. The van der Waals surface area contributed by atoms with Crippen molar-refractivity contribution in [3.8, 4) is 10.9 Å². The lowest BCUT2D eigenvalue weighted by molar-refractivity contribution is 0.473. The molecule has 0 N–H and O–H groups in total. The van der Waals surface area contributed by atoms with Crippen LogP contribution in [0.15, 0.2) is 47.5 Å². The molecule has 0 atom stereocenters. The summed E-state index contributed by atoms with van der Waals surface area (Å²) in [5.74, 6) is 1.57. The average Bonchev–Trinajstić information content (AvgIpc) is 3.10. The second-order valence-electron chi connectivity index (χ2n) is 6.46. The van der Waals surface area contributed by atoms with Gasteiger partial charge in [0.15, 0.2) is 5.82 Å². The first-order valence-corrected chi connectivity index (χ1v) is 9.72. The first kappa shape index (κ1) is 19.0. The van der Waals surface area contributed by atoms with Gasteiger partial charge in [-0.15, -0.1) is 0 Å². The van der Waals surface area contributed by atoms with Crippen LogP contribution < -0.4 is 4.74 Å². The zero-order chi connectivity index (χ0) is 19.2. The minimum absolute atomic E-state index is 0.561. The highest BCUT2D eigenvalue weighted by atomic mass is 32.1. The Hall–Kier alpha value is -2.73. The Kier molecular flexibility index (Phi) is 6.19. The van der Waals surface area contributed by atoms with Crippen LogP contribution in [-0.2, 0) is 6.42 Å². The van der Waals surface area contributed by atoms with Crippen LogP contribution in [0.4, 0.5) is 5.69 Å². The molecule has 0 fully saturated rings. The fourth-order valence-corrected chi connectivity index (χ4v) is 3.05. The molecule has 0 saturated carbocycles. The molecule has 0 spiro atoms. The van der Waals surface area contributed by atoms with Crippen LogP contribution in [0.5, 0.6) is 10.9 Å². The largest absolute Gasteiger partial charge is 0.430 e. The molecule has 0 radical (unpaired) electrons. The molecule has 1 heterocycles. The third kappa shape index (κ3) is 5.14. The zero-order valence-corrected chi connectivity index (χ0v) is 17.0. The van der Waals surface area contributed by atoms with Crippen molar-refractivity contribution in [3.05, 3.63) is 65.0 Å². The molecule has 0 aliphatic rings. The van der Waals surface area contributed by atoms with Crippen molar-refractivity contribution in [1.29, 1.82) is 0 Å². The summed E-state index contributed by atoms with van der Waals surface area (Å²) in [6, 6.07) is 14.2. The summed E-state index contributed by atoms with van der Waals surface area (Å²) in [4.78, 5) is 11.1. The molecule has 140 valence electrons. The van der Waals surface area contributed by atoms with E-state index in [0.717, 1.165) is 34.9 Å². The molecule has 5 nitrogen and oxygen atoms in total. The van der Waals surface area contributed by atoms with Crippen molar-refractivity contribution in [2.24, 2.45) is 4.99 Å². The summed E-state index contributed by atoms with van der Waals surface area (Å²) >= 11 is 1.28. The maximum absolute atomic E-state index is 5.99. The van der Waals surface area contributed by atoms with Gasteiger partial charge in [-0.2, -0.15) is 9.36 Å². The maximum atomic E-state index is 5.99. The molecule has 27 heavy (non-hydrogen) atoms. The molecule has 3 rings (SSSR count). The summed E-state index contributed by atoms with van der Waals surface area (Å²) in [5.41, 5.74) is 4.22. The van der Waals surface area contributed by atoms with E-state index in [0.29, 0.717) is 11.6 Å². The Morgan fingerprint density at radius 2 is 1.93 bits per heavy atom. The van der Waals surface area contributed by atoms with Gasteiger partial charge in [0, 0.05) is 31.5 Å². The van der Waals surface area contributed by atoms with Crippen LogP contribution in [0, 0.1) is 13.8 Å². The lowest BCUT2D eigenvalue weighted by Gasteiger charge is -2.11. The van der Waals surface area contributed by atoms with Gasteiger partial charge in [-0.3, -0.25) is 0 Å². The van der Waals surface area contributed by atoms with Crippen LogP contribution in [-0.4, -0.2) is 34.2 Å². The Morgan fingerprint density at radius 3 is 2.67 bits per heavy atom. The van der Waals surface area contributed by atoms with Crippen LogP contribution in [0.2, 0.25) is 0 Å². The van der Waals surface area contributed by atoms with E-state index in [1.165, 1.54) is 17.1 Å². The van der Waals surface area contributed by atoms with E-state index in [4.69, 9.17) is 4.74 Å². The van der Waals surface area contributed by atoms with Gasteiger partial charge in [-0.25, -0.2) is 4.99 Å². The minimum atomic E-state index is 0.561. The SMILES string of the molecule is CCN(C)/C=N\c1cc(C)c(Oc2nc(Cc3ccccc3)ns2)cc1C. The number of aromatic nitrogens is 2. The van der Waals surface area contributed by atoms with Crippen LogP contribution in [0.1, 0.15) is 29.4 Å². The lowest BCUT2D eigenvalue weighted by Crippen LogP contribution is -2.14.